The van der Waals surface area contributed by atoms with Gasteiger partial charge < -0.3 is 0 Å². The first-order chi connectivity index (χ1) is 9.13. The van der Waals surface area contributed by atoms with Crippen LogP contribution in [0.25, 0.3) is 0 Å². The molecule has 2 unspecified atom stereocenters. The van der Waals surface area contributed by atoms with Crippen molar-refractivity contribution in [1.82, 2.24) is 4.90 Å². The zero-order valence-corrected chi connectivity index (χ0v) is 12.4. The Kier molecular flexibility index (Phi) is 3.90. The molecular formula is C15H18BrF2N. The first-order valence-corrected chi connectivity index (χ1v) is 7.77. The van der Waals surface area contributed by atoms with Crippen molar-refractivity contribution < 1.29 is 8.78 Å². The highest BCUT2D eigenvalue weighted by atomic mass is 79.9. The van der Waals surface area contributed by atoms with E-state index in [1.807, 2.05) is 0 Å². The minimum atomic E-state index is -0.448. The third-order valence-corrected chi connectivity index (χ3v) is 5.06. The van der Waals surface area contributed by atoms with E-state index >= 15 is 0 Å². The molecule has 1 nitrogen and oxygen atoms in total. The number of piperidine rings is 1. The van der Waals surface area contributed by atoms with E-state index in [1.54, 1.807) is 0 Å². The number of fused-ring (bicyclic) bond motifs is 2. The Balaban J connectivity index is 1.76. The SMILES string of the molecule is Fc1ccc(Br)c(F)c1CN1CC2CCCC(C2)C1. The zero-order valence-electron chi connectivity index (χ0n) is 10.8. The van der Waals surface area contributed by atoms with E-state index in [9.17, 15) is 8.78 Å². The zero-order chi connectivity index (χ0) is 13.4. The lowest BCUT2D eigenvalue weighted by molar-refractivity contribution is 0.0790. The van der Waals surface area contributed by atoms with Crippen molar-refractivity contribution in [1.29, 1.82) is 0 Å². The lowest BCUT2D eigenvalue weighted by Crippen LogP contribution is -2.42. The predicted molar refractivity (Wildman–Crippen MR) is 74.8 cm³/mol. The summed E-state index contributed by atoms with van der Waals surface area (Å²) >= 11 is 3.13. The molecule has 2 aliphatic rings. The largest absolute Gasteiger partial charge is 0.298 e. The number of hydrogen-bond acceptors (Lipinski definition) is 1. The average Bonchev–Trinajstić information content (AvgIpc) is 2.39. The molecular weight excluding hydrogens is 312 g/mol. The van der Waals surface area contributed by atoms with Crippen LogP contribution in [0.2, 0.25) is 0 Å². The molecule has 1 aromatic rings. The van der Waals surface area contributed by atoms with Gasteiger partial charge in [0.05, 0.1) is 4.47 Å². The molecule has 4 heteroatoms. The van der Waals surface area contributed by atoms with Gasteiger partial charge in [-0.15, -0.1) is 0 Å². The highest BCUT2D eigenvalue weighted by Gasteiger charge is 2.31. The third kappa shape index (κ3) is 2.84. The van der Waals surface area contributed by atoms with E-state index in [0.29, 0.717) is 11.0 Å². The fraction of sp³-hybridized carbons (Fsp3) is 0.600. The number of nitrogens with zero attached hydrogens (tertiary/aromatic N) is 1. The van der Waals surface area contributed by atoms with Crippen molar-refractivity contribution in [2.75, 3.05) is 13.1 Å². The topological polar surface area (TPSA) is 3.24 Å². The smallest absolute Gasteiger partial charge is 0.144 e. The fourth-order valence-electron chi connectivity index (χ4n) is 3.61. The second-order valence-corrected chi connectivity index (χ2v) is 6.77. The summed E-state index contributed by atoms with van der Waals surface area (Å²) in [4.78, 5) is 2.23. The molecule has 2 fully saturated rings. The highest BCUT2D eigenvalue weighted by Crippen LogP contribution is 2.35. The first kappa shape index (κ1) is 13.5. The van der Waals surface area contributed by atoms with E-state index < -0.39 is 11.6 Å². The van der Waals surface area contributed by atoms with Gasteiger partial charge in [0, 0.05) is 25.2 Å². The molecule has 1 aromatic carbocycles. The van der Waals surface area contributed by atoms with E-state index in [-0.39, 0.29) is 5.56 Å². The van der Waals surface area contributed by atoms with Gasteiger partial charge in [0.15, 0.2) is 0 Å². The van der Waals surface area contributed by atoms with E-state index in [2.05, 4.69) is 20.8 Å². The first-order valence-electron chi connectivity index (χ1n) is 6.98. The minimum Gasteiger partial charge on any atom is -0.298 e. The number of halogens is 3. The maximum Gasteiger partial charge on any atom is 0.144 e. The quantitative estimate of drug-likeness (QED) is 0.729. The Morgan fingerprint density at radius 2 is 1.84 bits per heavy atom. The molecule has 0 N–H and O–H groups in total. The molecule has 1 saturated carbocycles. The lowest BCUT2D eigenvalue weighted by Gasteiger charge is -2.41. The van der Waals surface area contributed by atoms with E-state index in [4.69, 9.17) is 0 Å². The Morgan fingerprint density at radius 3 is 2.53 bits per heavy atom. The van der Waals surface area contributed by atoms with Gasteiger partial charge in [-0.25, -0.2) is 8.78 Å². The summed E-state index contributed by atoms with van der Waals surface area (Å²) in [5.41, 5.74) is 0.203. The Hall–Kier alpha value is -0.480. The summed E-state index contributed by atoms with van der Waals surface area (Å²) in [7, 11) is 0. The normalized spacial score (nSPS) is 27.5. The van der Waals surface area contributed by atoms with Gasteiger partial charge in [-0.3, -0.25) is 4.90 Å². The van der Waals surface area contributed by atoms with Crippen LogP contribution in [0.3, 0.4) is 0 Å². The van der Waals surface area contributed by atoms with Gasteiger partial charge >= 0.3 is 0 Å². The van der Waals surface area contributed by atoms with Gasteiger partial charge in [0.1, 0.15) is 11.6 Å². The Morgan fingerprint density at radius 1 is 1.16 bits per heavy atom. The molecule has 1 aliphatic carbocycles. The lowest BCUT2D eigenvalue weighted by atomic mass is 9.78. The van der Waals surface area contributed by atoms with Crippen molar-refractivity contribution in [2.45, 2.75) is 32.2 Å². The third-order valence-electron chi connectivity index (χ3n) is 4.44. The molecule has 1 heterocycles. The van der Waals surface area contributed by atoms with Gasteiger partial charge in [-0.2, -0.15) is 0 Å². The molecule has 1 saturated heterocycles. The van der Waals surface area contributed by atoms with Crippen LogP contribution in [0.1, 0.15) is 31.2 Å². The van der Waals surface area contributed by atoms with Crippen molar-refractivity contribution in [3.63, 3.8) is 0 Å². The number of likely N-dealkylation sites (tertiary alicyclic amines) is 1. The molecule has 0 radical (unpaired) electrons. The van der Waals surface area contributed by atoms with Crippen LogP contribution in [0.5, 0.6) is 0 Å². The van der Waals surface area contributed by atoms with Crippen molar-refractivity contribution in [2.24, 2.45) is 11.8 Å². The summed E-state index contributed by atoms with van der Waals surface area (Å²) in [6.45, 7) is 2.37. The van der Waals surface area contributed by atoms with Crippen LogP contribution in [-0.4, -0.2) is 18.0 Å². The van der Waals surface area contributed by atoms with Gasteiger partial charge in [-0.05, 0) is 59.2 Å². The van der Waals surface area contributed by atoms with Gasteiger partial charge in [0.25, 0.3) is 0 Å². The minimum absolute atomic E-state index is 0.203. The van der Waals surface area contributed by atoms with Crippen LogP contribution in [0, 0.1) is 23.5 Å². The van der Waals surface area contributed by atoms with Crippen LogP contribution >= 0.6 is 15.9 Å². The summed E-state index contributed by atoms with van der Waals surface area (Å²) in [6.07, 6.45) is 5.18. The number of rotatable bonds is 2. The van der Waals surface area contributed by atoms with Gasteiger partial charge in [0.2, 0.25) is 0 Å². The van der Waals surface area contributed by atoms with Crippen molar-refractivity contribution in [3.8, 4) is 0 Å². The van der Waals surface area contributed by atoms with E-state index in [0.717, 1.165) is 24.9 Å². The summed E-state index contributed by atoms with van der Waals surface area (Å²) in [6, 6.07) is 2.77. The summed E-state index contributed by atoms with van der Waals surface area (Å²) in [5.74, 6) is 0.573. The molecule has 104 valence electrons. The number of benzene rings is 1. The standard InChI is InChI=1S/C15H18BrF2N/c16-13-4-5-14(17)12(15(13)18)9-19-7-10-2-1-3-11(6-10)8-19/h4-5,10-11H,1-3,6-9H2. The summed E-state index contributed by atoms with van der Waals surface area (Å²) in [5, 5.41) is 0. The van der Waals surface area contributed by atoms with E-state index in [1.165, 1.54) is 37.8 Å². The predicted octanol–water partition coefficient (Wildman–Crippen LogP) is 4.35. The Labute approximate surface area is 121 Å². The second kappa shape index (κ2) is 5.49. The summed E-state index contributed by atoms with van der Waals surface area (Å²) < 4.78 is 28.1. The van der Waals surface area contributed by atoms with Crippen molar-refractivity contribution in [3.05, 3.63) is 33.8 Å². The number of hydrogen-bond donors (Lipinski definition) is 0. The molecule has 0 aromatic heterocycles. The van der Waals surface area contributed by atoms with Gasteiger partial charge in [-0.1, -0.05) is 6.42 Å². The molecule has 3 rings (SSSR count). The second-order valence-electron chi connectivity index (χ2n) is 5.91. The monoisotopic (exact) mass is 329 g/mol. The average molecular weight is 330 g/mol. The molecule has 0 amide bonds. The molecule has 2 atom stereocenters. The molecule has 19 heavy (non-hydrogen) atoms. The van der Waals surface area contributed by atoms with Crippen LogP contribution in [-0.2, 0) is 6.54 Å². The highest BCUT2D eigenvalue weighted by molar-refractivity contribution is 9.10. The van der Waals surface area contributed by atoms with Crippen LogP contribution < -0.4 is 0 Å². The van der Waals surface area contributed by atoms with Crippen LogP contribution in [0.15, 0.2) is 16.6 Å². The van der Waals surface area contributed by atoms with Crippen LogP contribution in [0.4, 0.5) is 8.78 Å². The van der Waals surface area contributed by atoms with Crippen molar-refractivity contribution >= 4 is 15.9 Å². The maximum atomic E-state index is 14.0. The Bertz CT molecular complexity index is 465. The maximum absolute atomic E-state index is 14.0. The molecule has 1 aliphatic heterocycles. The molecule has 0 spiro atoms. The fourth-order valence-corrected chi connectivity index (χ4v) is 3.98. The molecule has 2 bridgehead atoms.